The van der Waals surface area contributed by atoms with Crippen molar-refractivity contribution in [2.45, 2.75) is 32.4 Å². The summed E-state index contributed by atoms with van der Waals surface area (Å²) in [6, 6.07) is 10.4. The van der Waals surface area contributed by atoms with Gasteiger partial charge in [-0.1, -0.05) is 54.7 Å². The summed E-state index contributed by atoms with van der Waals surface area (Å²) in [4.78, 5) is 10.4. The van der Waals surface area contributed by atoms with E-state index in [1.165, 1.54) is 5.19 Å². The lowest BCUT2D eigenvalue weighted by Crippen LogP contribution is -2.42. The van der Waals surface area contributed by atoms with Crippen molar-refractivity contribution in [3.8, 4) is 0 Å². The van der Waals surface area contributed by atoms with Crippen LogP contribution < -0.4 is 5.19 Å². The van der Waals surface area contributed by atoms with Gasteiger partial charge in [-0.3, -0.25) is 4.79 Å². The molecule has 0 amide bonds. The second-order valence-electron chi connectivity index (χ2n) is 4.87. The Morgan fingerprint density at radius 2 is 1.94 bits per heavy atom. The molecule has 0 saturated heterocycles. The molecule has 2 nitrogen and oxygen atoms in total. The molecule has 0 aliphatic carbocycles. The van der Waals surface area contributed by atoms with E-state index in [0.717, 1.165) is 10.9 Å². The van der Waals surface area contributed by atoms with Gasteiger partial charge in [-0.05, 0) is 17.4 Å². The molecule has 98 valence electrons. The quantitative estimate of drug-likeness (QED) is 0.477. The zero-order valence-electron chi connectivity index (χ0n) is 10.9. The van der Waals surface area contributed by atoms with Crippen molar-refractivity contribution < 1.29 is 9.90 Å². The van der Waals surface area contributed by atoms with Crippen LogP contribution in [0.15, 0.2) is 40.9 Å². The summed E-state index contributed by atoms with van der Waals surface area (Å²) in [5.41, 5.74) is 0. The average molecular weight is 280 g/mol. The van der Waals surface area contributed by atoms with Crippen molar-refractivity contribution in [2.24, 2.45) is 0 Å². The van der Waals surface area contributed by atoms with Gasteiger partial charge in [0.05, 0.1) is 0 Å². The second kappa shape index (κ2) is 6.80. The van der Waals surface area contributed by atoms with Crippen LogP contribution >= 0.6 is 12.6 Å². The van der Waals surface area contributed by atoms with Gasteiger partial charge in [0.25, 0.3) is 0 Å². The molecule has 0 aliphatic heterocycles. The SMILES string of the molecule is C[Si](C)(/C(S)=C/CCCC(=O)O)c1ccccc1. The van der Waals surface area contributed by atoms with E-state index in [4.69, 9.17) is 5.11 Å². The second-order valence-corrected chi connectivity index (χ2v) is 10.1. The largest absolute Gasteiger partial charge is 0.481 e. The Morgan fingerprint density at radius 3 is 2.50 bits per heavy atom. The molecule has 0 spiro atoms. The van der Waals surface area contributed by atoms with Gasteiger partial charge in [-0.25, -0.2) is 0 Å². The monoisotopic (exact) mass is 280 g/mol. The minimum absolute atomic E-state index is 0.227. The van der Waals surface area contributed by atoms with Gasteiger partial charge in [0.1, 0.15) is 8.07 Å². The molecule has 0 radical (unpaired) electrons. The highest BCUT2D eigenvalue weighted by atomic mass is 32.1. The molecule has 0 aliphatic rings. The Kier molecular flexibility index (Phi) is 5.69. The van der Waals surface area contributed by atoms with Crippen LogP contribution in [-0.4, -0.2) is 19.1 Å². The summed E-state index contributed by atoms with van der Waals surface area (Å²) >= 11 is 4.62. The first-order valence-corrected chi connectivity index (χ1v) is 9.56. The van der Waals surface area contributed by atoms with E-state index < -0.39 is 14.0 Å². The number of allylic oxidation sites excluding steroid dienone is 1. The van der Waals surface area contributed by atoms with Crippen molar-refractivity contribution >= 4 is 31.9 Å². The van der Waals surface area contributed by atoms with Crippen LogP contribution in [0.1, 0.15) is 19.3 Å². The third kappa shape index (κ3) is 4.35. The number of rotatable bonds is 6. The van der Waals surface area contributed by atoms with Crippen LogP contribution in [0.5, 0.6) is 0 Å². The van der Waals surface area contributed by atoms with Crippen LogP contribution in [0.4, 0.5) is 0 Å². The number of carboxylic acids is 1. The Hall–Kier alpha value is -1.00. The summed E-state index contributed by atoms with van der Waals surface area (Å²) in [6.45, 7) is 4.52. The van der Waals surface area contributed by atoms with Crippen molar-refractivity contribution in [2.75, 3.05) is 0 Å². The maximum atomic E-state index is 10.4. The normalized spacial score (nSPS) is 12.5. The molecule has 0 saturated carbocycles. The first-order valence-electron chi connectivity index (χ1n) is 6.11. The molecule has 0 aromatic heterocycles. The van der Waals surface area contributed by atoms with Crippen LogP contribution in [-0.2, 0) is 4.79 Å². The van der Waals surface area contributed by atoms with Crippen LogP contribution in [0.3, 0.4) is 0 Å². The lowest BCUT2D eigenvalue weighted by molar-refractivity contribution is -0.137. The van der Waals surface area contributed by atoms with Crippen LogP contribution in [0.25, 0.3) is 0 Å². The number of thiol groups is 1. The Balaban J connectivity index is 2.67. The lowest BCUT2D eigenvalue weighted by Gasteiger charge is -2.23. The Morgan fingerprint density at radius 1 is 1.33 bits per heavy atom. The van der Waals surface area contributed by atoms with Crippen molar-refractivity contribution in [1.29, 1.82) is 0 Å². The van der Waals surface area contributed by atoms with E-state index in [9.17, 15) is 4.79 Å². The molecule has 0 unspecified atom stereocenters. The molecule has 0 heterocycles. The fraction of sp³-hybridized carbons (Fsp3) is 0.357. The molecule has 18 heavy (non-hydrogen) atoms. The fourth-order valence-corrected chi connectivity index (χ4v) is 4.24. The topological polar surface area (TPSA) is 37.3 Å². The summed E-state index contributed by atoms with van der Waals surface area (Å²) in [5.74, 6) is -0.733. The first-order chi connectivity index (χ1) is 8.44. The van der Waals surface area contributed by atoms with Crippen molar-refractivity contribution in [3.05, 3.63) is 40.9 Å². The number of unbranched alkanes of at least 4 members (excludes halogenated alkanes) is 1. The highest BCUT2D eigenvalue weighted by Gasteiger charge is 2.25. The first kappa shape index (κ1) is 15.1. The lowest BCUT2D eigenvalue weighted by atomic mass is 10.2. The van der Waals surface area contributed by atoms with Gasteiger partial charge in [0.2, 0.25) is 0 Å². The van der Waals surface area contributed by atoms with Gasteiger partial charge >= 0.3 is 5.97 Å². The number of hydrogen-bond acceptors (Lipinski definition) is 2. The fourth-order valence-electron chi connectivity index (χ4n) is 1.75. The average Bonchev–Trinajstić information content (AvgIpc) is 2.35. The molecular weight excluding hydrogens is 260 g/mol. The van der Waals surface area contributed by atoms with E-state index in [1.807, 2.05) is 6.07 Å². The maximum Gasteiger partial charge on any atom is 0.303 e. The molecule has 4 heteroatoms. The minimum Gasteiger partial charge on any atom is -0.481 e. The van der Waals surface area contributed by atoms with Crippen molar-refractivity contribution in [3.63, 3.8) is 0 Å². The van der Waals surface area contributed by atoms with Gasteiger partial charge in [0.15, 0.2) is 0 Å². The highest BCUT2D eigenvalue weighted by molar-refractivity contribution is 7.87. The molecule has 1 aromatic rings. The Bertz CT molecular complexity index is 427. The zero-order valence-corrected chi connectivity index (χ0v) is 12.8. The molecule has 0 atom stereocenters. The number of aliphatic carboxylic acids is 1. The van der Waals surface area contributed by atoms with E-state index in [0.29, 0.717) is 6.42 Å². The highest BCUT2D eigenvalue weighted by Crippen LogP contribution is 2.19. The number of hydrogen-bond donors (Lipinski definition) is 2. The predicted molar refractivity (Wildman–Crippen MR) is 82.1 cm³/mol. The number of carboxylic acid groups (broad SMARTS) is 1. The predicted octanol–water partition coefficient (Wildman–Crippen LogP) is 3.21. The van der Waals surface area contributed by atoms with E-state index in [1.54, 1.807) is 0 Å². The molecule has 0 bridgehead atoms. The molecule has 0 fully saturated rings. The van der Waals surface area contributed by atoms with Crippen LogP contribution in [0, 0.1) is 0 Å². The Labute approximate surface area is 115 Å². The maximum absolute atomic E-state index is 10.4. The molecule has 1 rings (SSSR count). The number of carbonyl (C=O) groups is 1. The van der Waals surface area contributed by atoms with E-state index in [-0.39, 0.29) is 6.42 Å². The zero-order chi connectivity index (χ0) is 13.6. The summed E-state index contributed by atoms with van der Waals surface area (Å²) in [6.07, 6.45) is 3.78. The minimum atomic E-state index is -1.68. The van der Waals surface area contributed by atoms with Gasteiger partial charge in [0, 0.05) is 6.42 Å². The van der Waals surface area contributed by atoms with Gasteiger partial charge < -0.3 is 5.11 Å². The van der Waals surface area contributed by atoms with Crippen molar-refractivity contribution in [1.82, 2.24) is 0 Å². The van der Waals surface area contributed by atoms with Gasteiger partial charge in [-0.15, -0.1) is 0 Å². The third-order valence-electron chi connectivity index (χ3n) is 3.07. The van der Waals surface area contributed by atoms with E-state index in [2.05, 4.69) is 56.1 Å². The molecule has 1 aromatic carbocycles. The summed E-state index contributed by atoms with van der Waals surface area (Å²) in [5, 5.41) is 9.94. The van der Waals surface area contributed by atoms with E-state index >= 15 is 0 Å². The number of benzene rings is 1. The molecule has 1 N–H and O–H groups in total. The summed E-state index contributed by atoms with van der Waals surface area (Å²) < 4.78 is 1.12. The standard InChI is InChI=1S/C14H20O2SSi/c1-18(2,12-8-4-3-5-9-12)14(17)11-7-6-10-13(15)16/h3-5,8-9,11,17H,6-7,10H2,1-2H3,(H,15,16)/b14-11+. The summed E-state index contributed by atoms with van der Waals surface area (Å²) in [7, 11) is -1.68. The van der Waals surface area contributed by atoms with Gasteiger partial charge in [-0.2, -0.15) is 12.6 Å². The van der Waals surface area contributed by atoms with Crippen LogP contribution in [0.2, 0.25) is 13.1 Å². The third-order valence-corrected chi connectivity index (χ3v) is 8.19. The molecular formula is C14H20O2SSi. The smallest absolute Gasteiger partial charge is 0.303 e.